The Morgan fingerprint density at radius 2 is 1.94 bits per heavy atom. The molecule has 1 atom stereocenters. The lowest BCUT2D eigenvalue weighted by Gasteiger charge is -2.22. The summed E-state index contributed by atoms with van der Waals surface area (Å²) in [6.07, 6.45) is 1.79. The van der Waals surface area contributed by atoms with Gasteiger partial charge < -0.3 is 14.2 Å². The van der Waals surface area contributed by atoms with Crippen LogP contribution in [0.1, 0.15) is 23.4 Å². The lowest BCUT2D eigenvalue weighted by molar-refractivity contribution is -0.136. The highest BCUT2D eigenvalue weighted by atomic mass is 32.1. The van der Waals surface area contributed by atoms with Crippen molar-refractivity contribution in [1.82, 2.24) is 4.57 Å². The fourth-order valence-corrected chi connectivity index (χ4v) is 5.37. The molecule has 0 amide bonds. The van der Waals surface area contributed by atoms with Gasteiger partial charge in [-0.25, -0.2) is 9.79 Å². The number of esters is 1. The van der Waals surface area contributed by atoms with Crippen LogP contribution in [-0.4, -0.2) is 31.9 Å². The average Bonchev–Trinajstić information content (AvgIpc) is 3.41. The number of benzene rings is 1. The Bertz CT molecular complexity index is 1350. The summed E-state index contributed by atoms with van der Waals surface area (Å²) >= 11 is 2.76. The number of nitrogens with zero attached hydrogens (tertiary/aromatic N) is 2. The third-order valence-electron chi connectivity index (χ3n) is 4.95. The molecule has 31 heavy (non-hydrogen) atoms. The second kappa shape index (κ2) is 8.52. The quantitative estimate of drug-likeness (QED) is 0.551. The van der Waals surface area contributed by atoms with Gasteiger partial charge in [0.1, 0.15) is 6.04 Å². The summed E-state index contributed by atoms with van der Waals surface area (Å²) in [4.78, 5) is 31.9. The van der Waals surface area contributed by atoms with Crippen LogP contribution in [0.3, 0.4) is 0 Å². The molecule has 0 radical (unpaired) electrons. The van der Waals surface area contributed by atoms with E-state index in [0.717, 1.165) is 10.4 Å². The number of methoxy groups -OCH3 is 3. The third kappa shape index (κ3) is 3.70. The van der Waals surface area contributed by atoms with Gasteiger partial charge in [0.15, 0.2) is 16.3 Å². The molecular weight excluding hydrogens is 436 g/mol. The summed E-state index contributed by atoms with van der Waals surface area (Å²) in [6.45, 7) is 1.76. The molecule has 9 heteroatoms. The molecular formula is C22H20N2O5S2. The smallest absolute Gasteiger partial charge is 0.338 e. The second-order valence-corrected chi connectivity index (χ2v) is 8.69. The maximum Gasteiger partial charge on any atom is 0.338 e. The minimum absolute atomic E-state index is 0.217. The van der Waals surface area contributed by atoms with Gasteiger partial charge in [-0.1, -0.05) is 23.5 Å². The van der Waals surface area contributed by atoms with E-state index < -0.39 is 12.0 Å². The summed E-state index contributed by atoms with van der Waals surface area (Å²) in [5.74, 6) is 0.690. The standard InChI is InChI=1S/C22H20N2O5S2/c1-12-18(21(26)29-4)19(16-6-5-9-30-16)24-20(25)17(31-22(24)23-12)11-13-7-8-14(27-2)15(10-13)28-3/h5-11,19H,1-4H3/b17-11-. The van der Waals surface area contributed by atoms with Crippen molar-refractivity contribution in [3.63, 3.8) is 0 Å². The molecule has 1 aliphatic heterocycles. The summed E-state index contributed by atoms with van der Waals surface area (Å²) < 4.78 is 17.7. The molecule has 160 valence electrons. The van der Waals surface area contributed by atoms with E-state index in [1.165, 1.54) is 29.8 Å². The van der Waals surface area contributed by atoms with Gasteiger partial charge in [0.2, 0.25) is 0 Å². The molecule has 1 aliphatic rings. The first-order valence-corrected chi connectivity index (χ1v) is 11.0. The van der Waals surface area contributed by atoms with Crippen molar-refractivity contribution < 1.29 is 19.0 Å². The van der Waals surface area contributed by atoms with Crippen LogP contribution in [-0.2, 0) is 9.53 Å². The number of allylic oxidation sites excluding steroid dienone is 1. The molecule has 0 N–H and O–H groups in total. The van der Waals surface area contributed by atoms with Crippen LogP contribution in [0.25, 0.3) is 6.08 Å². The predicted molar refractivity (Wildman–Crippen MR) is 120 cm³/mol. The van der Waals surface area contributed by atoms with E-state index in [9.17, 15) is 9.59 Å². The molecule has 0 bridgehead atoms. The molecule has 4 rings (SSSR count). The van der Waals surface area contributed by atoms with Gasteiger partial charge in [0, 0.05) is 4.88 Å². The number of thiazole rings is 1. The molecule has 3 aromatic rings. The molecule has 1 unspecified atom stereocenters. The largest absolute Gasteiger partial charge is 0.493 e. The number of carbonyl (C=O) groups excluding carboxylic acids is 1. The summed E-state index contributed by atoms with van der Waals surface area (Å²) in [5.41, 5.74) is 1.49. The van der Waals surface area contributed by atoms with Crippen LogP contribution in [0, 0.1) is 0 Å². The van der Waals surface area contributed by atoms with Crippen molar-refractivity contribution in [2.75, 3.05) is 21.3 Å². The van der Waals surface area contributed by atoms with E-state index in [-0.39, 0.29) is 5.56 Å². The van der Waals surface area contributed by atoms with Gasteiger partial charge in [-0.05, 0) is 42.1 Å². The fraction of sp³-hybridized carbons (Fsp3) is 0.227. The van der Waals surface area contributed by atoms with Gasteiger partial charge in [0.05, 0.1) is 37.1 Å². The highest BCUT2D eigenvalue weighted by Gasteiger charge is 2.33. The highest BCUT2D eigenvalue weighted by molar-refractivity contribution is 7.10. The Balaban J connectivity index is 1.92. The van der Waals surface area contributed by atoms with Crippen molar-refractivity contribution >= 4 is 34.7 Å². The minimum Gasteiger partial charge on any atom is -0.493 e. The van der Waals surface area contributed by atoms with Crippen LogP contribution >= 0.6 is 22.7 Å². The maximum atomic E-state index is 13.4. The predicted octanol–water partition coefficient (Wildman–Crippen LogP) is 2.49. The lowest BCUT2D eigenvalue weighted by atomic mass is 10.0. The zero-order chi connectivity index (χ0) is 22.1. The number of hydrogen-bond acceptors (Lipinski definition) is 8. The molecule has 0 fully saturated rings. The Hall–Kier alpha value is -3.17. The van der Waals surface area contributed by atoms with Crippen molar-refractivity contribution in [1.29, 1.82) is 0 Å². The van der Waals surface area contributed by atoms with Crippen LogP contribution in [0.15, 0.2) is 56.8 Å². The van der Waals surface area contributed by atoms with Crippen molar-refractivity contribution in [2.45, 2.75) is 13.0 Å². The third-order valence-corrected chi connectivity index (χ3v) is 6.85. The first kappa shape index (κ1) is 21.1. The van der Waals surface area contributed by atoms with Crippen LogP contribution < -0.4 is 24.4 Å². The molecule has 1 aromatic carbocycles. The number of thiophene rings is 1. The van der Waals surface area contributed by atoms with Gasteiger partial charge in [-0.15, -0.1) is 11.3 Å². The number of carbonyl (C=O) groups is 1. The average molecular weight is 457 g/mol. The number of hydrogen-bond donors (Lipinski definition) is 0. The van der Waals surface area contributed by atoms with E-state index >= 15 is 0 Å². The van der Waals surface area contributed by atoms with E-state index in [1.807, 2.05) is 23.6 Å². The van der Waals surface area contributed by atoms with E-state index in [1.54, 1.807) is 43.9 Å². The molecule has 0 aliphatic carbocycles. The van der Waals surface area contributed by atoms with E-state index in [4.69, 9.17) is 14.2 Å². The zero-order valence-electron chi connectivity index (χ0n) is 17.4. The number of rotatable bonds is 5. The van der Waals surface area contributed by atoms with Crippen LogP contribution in [0.5, 0.6) is 11.5 Å². The first-order chi connectivity index (χ1) is 15.0. The Morgan fingerprint density at radius 1 is 1.16 bits per heavy atom. The first-order valence-electron chi connectivity index (χ1n) is 9.34. The topological polar surface area (TPSA) is 79.1 Å². The molecule has 2 aromatic heterocycles. The second-order valence-electron chi connectivity index (χ2n) is 6.70. The molecule has 0 saturated heterocycles. The zero-order valence-corrected chi connectivity index (χ0v) is 19.0. The SMILES string of the molecule is COC(=O)C1=C(C)N=c2s/c(=C\c3ccc(OC)c(OC)c3)c(=O)n2C1c1cccs1. The van der Waals surface area contributed by atoms with Crippen molar-refractivity contribution in [2.24, 2.45) is 4.99 Å². The number of fused-ring (bicyclic) bond motifs is 1. The van der Waals surface area contributed by atoms with Crippen molar-refractivity contribution in [3.05, 3.63) is 77.1 Å². The monoisotopic (exact) mass is 456 g/mol. The molecule has 0 saturated carbocycles. The summed E-state index contributed by atoms with van der Waals surface area (Å²) in [6, 6.07) is 8.67. The highest BCUT2D eigenvalue weighted by Crippen LogP contribution is 2.33. The minimum atomic E-state index is -0.573. The molecule has 7 nitrogen and oxygen atoms in total. The molecule has 3 heterocycles. The van der Waals surface area contributed by atoms with Crippen LogP contribution in [0.4, 0.5) is 0 Å². The Kier molecular flexibility index (Phi) is 5.79. The number of ether oxygens (including phenoxy) is 3. The Morgan fingerprint density at radius 3 is 2.58 bits per heavy atom. The summed E-state index contributed by atoms with van der Waals surface area (Å²) in [5, 5.41) is 1.92. The maximum absolute atomic E-state index is 13.4. The van der Waals surface area contributed by atoms with Gasteiger partial charge >= 0.3 is 5.97 Å². The van der Waals surface area contributed by atoms with E-state index in [0.29, 0.717) is 32.1 Å². The van der Waals surface area contributed by atoms with E-state index in [2.05, 4.69) is 4.99 Å². The van der Waals surface area contributed by atoms with Gasteiger partial charge in [0.25, 0.3) is 5.56 Å². The Labute approximate surface area is 186 Å². The fourth-order valence-electron chi connectivity index (χ4n) is 3.50. The normalized spacial score (nSPS) is 16.0. The number of aromatic nitrogens is 1. The summed E-state index contributed by atoms with van der Waals surface area (Å²) in [7, 11) is 4.46. The lowest BCUT2D eigenvalue weighted by Crippen LogP contribution is -2.39. The van der Waals surface area contributed by atoms with Crippen LogP contribution in [0.2, 0.25) is 0 Å². The van der Waals surface area contributed by atoms with Gasteiger partial charge in [-0.2, -0.15) is 0 Å². The molecule has 0 spiro atoms. The van der Waals surface area contributed by atoms with Gasteiger partial charge in [-0.3, -0.25) is 9.36 Å². The van der Waals surface area contributed by atoms with Crippen molar-refractivity contribution in [3.8, 4) is 11.5 Å².